The van der Waals surface area contributed by atoms with Crippen molar-refractivity contribution in [3.63, 3.8) is 0 Å². The van der Waals surface area contributed by atoms with Gasteiger partial charge in [0.15, 0.2) is 0 Å². The summed E-state index contributed by atoms with van der Waals surface area (Å²) in [6.45, 7) is 13.8. The summed E-state index contributed by atoms with van der Waals surface area (Å²) in [6.07, 6.45) is 0. The number of anilines is 1. The Balaban J connectivity index is 1.85. The van der Waals surface area contributed by atoms with Gasteiger partial charge in [-0.25, -0.2) is 4.79 Å². The highest BCUT2D eigenvalue weighted by Crippen LogP contribution is 2.21. The molecular weight excluding hydrogens is 356 g/mol. The number of hydrogen-bond acceptors (Lipinski definition) is 4. The van der Waals surface area contributed by atoms with Crippen LogP contribution in [0.4, 0.5) is 10.5 Å². The van der Waals surface area contributed by atoms with Crippen molar-refractivity contribution in [1.29, 1.82) is 0 Å². The number of ether oxygens (including phenoxy) is 1. The molecule has 1 aliphatic heterocycles. The molecular formula is C21H34N4O3. The van der Waals surface area contributed by atoms with Gasteiger partial charge in [0.1, 0.15) is 6.54 Å². The number of likely N-dealkylation sites (N-methyl/N-ethyl adjacent to an activating group) is 1. The molecule has 1 heterocycles. The van der Waals surface area contributed by atoms with Crippen LogP contribution in [0.3, 0.4) is 0 Å². The summed E-state index contributed by atoms with van der Waals surface area (Å²) in [4.78, 5) is 28.6. The monoisotopic (exact) mass is 390 g/mol. The summed E-state index contributed by atoms with van der Waals surface area (Å²) < 4.78 is 5.39. The van der Waals surface area contributed by atoms with Crippen molar-refractivity contribution in [3.05, 3.63) is 28.8 Å². The molecule has 1 aromatic rings. The molecule has 1 saturated heterocycles. The Hall–Kier alpha value is -2.12. The van der Waals surface area contributed by atoms with E-state index in [4.69, 9.17) is 4.74 Å². The summed E-state index contributed by atoms with van der Waals surface area (Å²) in [5.74, 6) is -0.208. The van der Waals surface area contributed by atoms with E-state index in [0.717, 1.165) is 48.7 Å². The fourth-order valence-electron chi connectivity index (χ4n) is 3.55. The lowest BCUT2D eigenvalue weighted by atomic mass is 10.0. The minimum Gasteiger partial charge on any atom is -0.379 e. The summed E-state index contributed by atoms with van der Waals surface area (Å²) >= 11 is 0. The van der Waals surface area contributed by atoms with Crippen LogP contribution in [-0.2, 0) is 9.53 Å². The van der Waals surface area contributed by atoms with Crippen LogP contribution in [0.25, 0.3) is 0 Å². The number of rotatable bonds is 6. The van der Waals surface area contributed by atoms with Gasteiger partial charge in [-0.15, -0.1) is 0 Å². The molecule has 0 atom stereocenters. The van der Waals surface area contributed by atoms with Gasteiger partial charge >= 0.3 is 6.03 Å². The van der Waals surface area contributed by atoms with Crippen LogP contribution in [0, 0.1) is 20.8 Å². The third kappa shape index (κ3) is 5.94. The molecule has 0 unspecified atom stereocenters. The van der Waals surface area contributed by atoms with Crippen molar-refractivity contribution in [1.82, 2.24) is 15.1 Å². The van der Waals surface area contributed by atoms with Gasteiger partial charge in [-0.2, -0.15) is 0 Å². The summed E-state index contributed by atoms with van der Waals surface area (Å²) in [5, 5.41) is 5.88. The van der Waals surface area contributed by atoms with E-state index in [1.807, 2.05) is 32.9 Å². The van der Waals surface area contributed by atoms with Crippen LogP contribution in [0.1, 0.15) is 30.5 Å². The summed E-state index contributed by atoms with van der Waals surface area (Å²) in [7, 11) is 1.63. The average Bonchev–Trinajstić information content (AvgIpc) is 2.63. The fourth-order valence-corrected chi connectivity index (χ4v) is 3.55. The second kappa shape index (κ2) is 9.39. The van der Waals surface area contributed by atoms with Crippen LogP contribution >= 0.6 is 0 Å². The molecule has 0 bridgehead atoms. The molecule has 0 spiro atoms. The Morgan fingerprint density at radius 2 is 1.71 bits per heavy atom. The second-order valence-corrected chi connectivity index (χ2v) is 8.25. The number of carbonyl (C=O) groups is 2. The molecule has 2 N–H and O–H groups in total. The van der Waals surface area contributed by atoms with E-state index in [0.29, 0.717) is 6.54 Å². The van der Waals surface area contributed by atoms with E-state index < -0.39 is 0 Å². The molecule has 7 nitrogen and oxygen atoms in total. The zero-order chi connectivity index (χ0) is 20.9. The van der Waals surface area contributed by atoms with Crippen molar-refractivity contribution in [2.24, 2.45) is 0 Å². The van der Waals surface area contributed by atoms with Crippen molar-refractivity contribution in [2.75, 3.05) is 51.8 Å². The van der Waals surface area contributed by atoms with Gasteiger partial charge in [-0.1, -0.05) is 17.7 Å². The maximum Gasteiger partial charge on any atom is 0.317 e. The lowest BCUT2D eigenvalue weighted by molar-refractivity contribution is -0.116. The largest absolute Gasteiger partial charge is 0.379 e. The number of nitrogens with zero attached hydrogens (tertiary/aromatic N) is 2. The van der Waals surface area contributed by atoms with Gasteiger partial charge < -0.3 is 20.3 Å². The number of carbonyl (C=O) groups excluding carboxylic acids is 2. The van der Waals surface area contributed by atoms with E-state index >= 15 is 0 Å². The van der Waals surface area contributed by atoms with Crippen LogP contribution < -0.4 is 10.6 Å². The Morgan fingerprint density at radius 1 is 1.14 bits per heavy atom. The zero-order valence-electron chi connectivity index (χ0n) is 18.0. The Bertz CT molecular complexity index is 689. The predicted molar refractivity (Wildman–Crippen MR) is 112 cm³/mol. The van der Waals surface area contributed by atoms with Crippen molar-refractivity contribution in [3.8, 4) is 0 Å². The SMILES string of the molecule is Cc1cc(C)c(NC(=O)CN(C)C(=O)NCC(C)(C)N2CCOCC2)c(C)c1. The standard InChI is InChI=1S/C21H34N4O3/c1-15-11-16(2)19(17(3)12-15)23-18(26)13-24(6)20(27)22-14-21(4,5)25-7-9-28-10-8-25/h11-12H,7-10,13-14H2,1-6H3,(H,22,27)(H,23,26). The molecule has 0 saturated carbocycles. The number of aryl methyl sites for hydroxylation is 3. The maximum absolute atomic E-state index is 12.4. The first-order valence-corrected chi connectivity index (χ1v) is 9.79. The minimum atomic E-state index is -0.256. The lowest BCUT2D eigenvalue weighted by Gasteiger charge is -2.41. The van der Waals surface area contributed by atoms with Gasteiger partial charge in [-0.3, -0.25) is 9.69 Å². The third-order valence-corrected chi connectivity index (χ3v) is 5.21. The quantitative estimate of drug-likeness (QED) is 0.782. The second-order valence-electron chi connectivity index (χ2n) is 8.25. The molecule has 0 radical (unpaired) electrons. The van der Waals surface area contributed by atoms with Gasteiger partial charge in [0.05, 0.1) is 13.2 Å². The summed E-state index contributed by atoms with van der Waals surface area (Å²) in [5.41, 5.74) is 3.85. The van der Waals surface area contributed by atoms with Crippen LogP contribution in [0.5, 0.6) is 0 Å². The van der Waals surface area contributed by atoms with Crippen molar-refractivity contribution in [2.45, 2.75) is 40.2 Å². The van der Waals surface area contributed by atoms with Crippen LogP contribution in [0.15, 0.2) is 12.1 Å². The highest BCUT2D eigenvalue weighted by molar-refractivity contribution is 5.95. The van der Waals surface area contributed by atoms with E-state index in [1.54, 1.807) is 7.05 Å². The first kappa shape index (κ1) is 22.2. The molecule has 1 fully saturated rings. The first-order valence-electron chi connectivity index (χ1n) is 9.79. The highest BCUT2D eigenvalue weighted by atomic mass is 16.5. The van der Waals surface area contributed by atoms with E-state index in [2.05, 4.69) is 29.4 Å². The van der Waals surface area contributed by atoms with E-state index in [1.165, 1.54) is 4.90 Å². The molecule has 3 amide bonds. The minimum absolute atomic E-state index is 0.00340. The zero-order valence-corrected chi connectivity index (χ0v) is 18.0. The number of morpholine rings is 1. The number of nitrogens with one attached hydrogen (secondary N) is 2. The Kier molecular flexibility index (Phi) is 7.43. The van der Waals surface area contributed by atoms with Crippen LogP contribution in [0.2, 0.25) is 0 Å². The molecule has 7 heteroatoms. The molecule has 0 aliphatic carbocycles. The Labute approximate surface area is 168 Å². The fraction of sp³-hybridized carbons (Fsp3) is 0.619. The molecule has 156 valence electrons. The average molecular weight is 391 g/mol. The van der Waals surface area contributed by atoms with Crippen LogP contribution in [-0.4, -0.2) is 73.7 Å². The number of amides is 3. The molecule has 1 aliphatic rings. The normalized spacial score (nSPS) is 15.2. The number of hydrogen-bond donors (Lipinski definition) is 2. The predicted octanol–water partition coefficient (Wildman–Crippen LogP) is 2.30. The molecule has 28 heavy (non-hydrogen) atoms. The van der Waals surface area contributed by atoms with E-state index in [9.17, 15) is 9.59 Å². The number of urea groups is 1. The van der Waals surface area contributed by atoms with Gasteiger partial charge in [0, 0.05) is 37.9 Å². The third-order valence-electron chi connectivity index (χ3n) is 5.21. The molecule has 0 aromatic heterocycles. The van der Waals surface area contributed by atoms with Gasteiger partial charge in [-0.05, 0) is 45.7 Å². The molecule has 2 rings (SSSR count). The smallest absolute Gasteiger partial charge is 0.317 e. The topological polar surface area (TPSA) is 73.9 Å². The summed E-state index contributed by atoms with van der Waals surface area (Å²) in [6, 6.07) is 3.81. The van der Waals surface area contributed by atoms with Gasteiger partial charge in [0.2, 0.25) is 5.91 Å². The Morgan fingerprint density at radius 3 is 2.29 bits per heavy atom. The van der Waals surface area contributed by atoms with Crippen molar-refractivity contribution >= 4 is 17.6 Å². The highest BCUT2D eigenvalue weighted by Gasteiger charge is 2.29. The van der Waals surface area contributed by atoms with Gasteiger partial charge in [0.25, 0.3) is 0 Å². The maximum atomic E-state index is 12.4. The molecule has 1 aromatic carbocycles. The van der Waals surface area contributed by atoms with Crippen molar-refractivity contribution < 1.29 is 14.3 Å². The lowest BCUT2D eigenvalue weighted by Crippen LogP contribution is -2.56. The number of benzene rings is 1. The first-order chi connectivity index (χ1) is 13.1. The van der Waals surface area contributed by atoms with E-state index in [-0.39, 0.29) is 24.0 Å².